The number of rotatable bonds is 7. The predicted molar refractivity (Wildman–Crippen MR) is 107 cm³/mol. The van der Waals surface area contributed by atoms with Gasteiger partial charge in [-0.15, -0.1) is 11.3 Å². The molecule has 1 unspecified atom stereocenters. The fourth-order valence-corrected chi connectivity index (χ4v) is 4.70. The van der Waals surface area contributed by atoms with Crippen LogP contribution in [0.25, 0.3) is 10.2 Å². The average Bonchev–Trinajstić information content (AvgIpc) is 3.35. The van der Waals surface area contributed by atoms with Crippen LogP contribution < -0.4 is 10.5 Å². The number of para-hydroxylation sites is 1. The molecule has 1 aromatic heterocycles. The first-order valence-corrected chi connectivity index (χ1v) is 10.1. The topological polar surface area (TPSA) is 74.8 Å². The van der Waals surface area contributed by atoms with Gasteiger partial charge < -0.3 is 5.73 Å². The molecule has 128 valence electrons. The van der Waals surface area contributed by atoms with E-state index in [4.69, 9.17) is 16.1 Å². The van der Waals surface area contributed by atoms with Crippen molar-refractivity contribution >= 4 is 39.3 Å². The van der Waals surface area contributed by atoms with Gasteiger partial charge in [0.2, 0.25) is 0 Å². The van der Waals surface area contributed by atoms with E-state index in [0.29, 0.717) is 0 Å². The van der Waals surface area contributed by atoms with Gasteiger partial charge in [-0.25, -0.2) is 4.98 Å². The van der Waals surface area contributed by atoms with Crippen molar-refractivity contribution in [1.29, 1.82) is 5.41 Å². The quantitative estimate of drug-likeness (QED) is 0.331. The van der Waals surface area contributed by atoms with Gasteiger partial charge in [-0.2, -0.15) is 0 Å². The van der Waals surface area contributed by atoms with E-state index in [0.717, 1.165) is 27.8 Å². The summed E-state index contributed by atoms with van der Waals surface area (Å²) in [6.07, 6.45) is 3.43. The van der Waals surface area contributed by atoms with Crippen molar-refractivity contribution in [2.75, 3.05) is 0 Å². The van der Waals surface area contributed by atoms with Crippen LogP contribution in [-0.2, 0) is 6.42 Å². The van der Waals surface area contributed by atoms with Crippen molar-refractivity contribution in [3.05, 3.63) is 64.7 Å². The first kappa shape index (κ1) is 16.6. The molecule has 1 fully saturated rings. The molecular weight excluding hydrogens is 348 g/mol. The van der Waals surface area contributed by atoms with Crippen molar-refractivity contribution in [3.63, 3.8) is 0 Å². The number of nitrogen functional groups attached to an aromatic ring is 1. The summed E-state index contributed by atoms with van der Waals surface area (Å²) in [7, 11) is 0. The minimum Gasteiger partial charge on any atom is -0.384 e. The smallest absolute Gasteiger partial charge is 0.122 e. The highest BCUT2D eigenvalue weighted by atomic mass is 32.2. The van der Waals surface area contributed by atoms with Crippen LogP contribution in [0.4, 0.5) is 0 Å². The van der Waals surface area contributed by atoms with Gasteiger partial charge in [-0.05, 0) is 43.0 Å². The van der Waals surface area contributed by atoms with Crippen LogP contribution in [-0.4, -0.2) is 16.1 Å². The SMILES string of the molecule is N=C(N)c1cccc(CC(NSC2CC2)c2nc3ccccc3s2)c1. The summed E-state index contributed by atoms with van der Waals surface area (Å²) in [4.78, 5) is 4.84. The van der Waals surface area contributed by atoms with E-state index < -0.39 is 0 Å². The molecule has 0 amide bonds. The lowest BCUT2D eigenvalue weighted by Crippen LogP contribution is -2.18. The second kappa shape index (κ2) is 7.15. The summed E-state index contributed by atoms with van der Waals surface area (Å²) in [5, 5.41) is 9.50. The molecule has 0 radical (unpaired) electrons. The van der Waals surface area contributed by atoms with Gasteiger partial charge in [0.25, 0.3) is 0 Å². The lowest BCUT2D eigenvalue weighted by Gasteiger charge is -2.16. The Morgan fingerprint density at radius 1 is 1.28 bits per heavy atom. The van der Waals surface area contributed by atoms with E-state index in [-0.39, 0.29) is 11.9 Å². The Balaban J connectivity index is 1.60. The number of fused-ring (bicyclic) bond motifs is 1. The van der Waals surface area contributed by atoms with Crippen molar-refractivity contribution in [1.82, 2.24) is 9.71 Å². The lowest BCUT2D eigenvalue weighted by atomic mass is 10.0. The molecule has 3 aromatic rings. The highest BCUT2D eigenvalue weighted by Gasteiger charge is 2.25. The normalized spacial score (nSPS) is 15.4. The third-order valence-electron chi connectivity index (χ3n) is 4.19. The Morgan fingerprint density at radius 3 is 2.88 bits per heavy atom. The number of thiazole rings is 1. The maximum atomic E-state index is 7.64. The van der Waals surface area contributed by atoms with Gasteiger partial charge >= 0.3 is 0 Å². The summed E-state index contributed by atoms with van der Waals surface area (Å²) in [5.74, 6) is 0.110. The average molecular weight is 369 g/mol. The summed E-state index contributed by atoms with van der Waals surface area (Å²) < 4.78 is 4.86. The van der Waals surface area contributed by atoms with Gasteiger partial charge in [0.05, 0.1) is 16.3 Å². The van der Waals surface area contributed by atoms with Crippen LogP contribution in [0.1, 0.15) is 35.0 Å². The molecule has 1 aliphatic carbocycles. The van der Waals surface area contributed by atoms with E-state index in [9.17, 15) is 0 Å². The van der Waals surface area contributed by atoms with Gasteiger partial charge in [0.1, 0.15) is 10.8 Å². The van der Waals surface area contributed by atoms with Gasteiger partial charge in [0, 0.05) is 10.8 Å². The van der Waals surface area contributed by atoms with Crippen LogP contribution in [0.3, 0.4) is 0 Å². The number of nitrogens with one attached hydrogen (secondary N) is 2. The summed E-state index contributed by atoms with van der Waals surface area (Å²) in [5.41, 5.74) is 8.63. The van der Waals surface area contributed by atoms with Crippen LogP contribution in [0.2, 0.25) is 0 Å². The minimum atomic E-state index is 0.110. The molecule has 6 heteroatoms. The first-order chi connectivity index (χ1) is 12.2. The van der Waals surface area contributed by atoms with E-state index >= 15 is 0 Å². The molecule has 4 N–H and O–H groups in total. The zero-order valence-corrected chi connectivity index (χ0v) is 15.4. The fourth-order valence-electron chi connectivity index (χ4n) is 2.68. The summed E-state index contributed by atoms with van der Waals surface area (Å²) in [6.45, 7) is 0. The monoisotopic (exact) mass is 368 g/mol. The maximum absolute atomic E-state index is 7.64. The number of hydrogen-bond donors (Lipinski definition) is 3. The fraction of sp³-hybridized carbons (Fsp3) is 0.263. The zero-order chi connectivity index (χ0) is 17.2. The van der Waals surface area contributed by atoms with Crippen molar-refractivity contribution in [3.8, 4) is 0 Å². The summed E-state index contributed by atoms with van der Waals surface area (Å²) in [6, 6.07) is 16.4. The van der Waals surface area contributed by atoms with Crippen LogP contribution in [0, 0.1) is 5.41 Å². The molecule has 1 heterocycles. The van der Waals surface area contributed by atoms with Crippen molar-refractivity contribution < 1.29 is 0 Å². The Hall–Kier alpha value is -1.89. The zero-order valence-electron chi connectivity index (χ0n) is 13.7. The van der Waals surface area contributed by atoms with E-state index in [1.165, 1.54) is 23.1 Å². The molecule has 0 bridgehead atoms. The number of aromatic nitrogens is 1. The first-order valence-electron chi connectivity index (χ1n) is 8.39. The molecule has 0 spiro atoms. The highest BCUT2D eigenvalue weighted by Crippen LogP contribution is 2.36. The summed E-state index contributed by atoms with van der Waals surface area (Å²) >= 11 is 3.59. The van der Waals surface area contributed by atoms with Gasteiger partial charge in [0.15, 0.2) is 0 Å². The minimum absolute atomic E-state index is 0.110. The largest absolute Gasteiger partial charge is 0.384 e. The second-order valence-corrected chi connectivity index (χ2v) is 8.53. The molecule has 25 heavy (non-hydrogen) atoms. The standard InChI is InChI=1S/C19H20N4S2/c20-18(21)13-5-3-4-12(10-13)11-16(23-25-14-8-9-14)19-22-15-6-1-2-7-17(15)24-19/h1-7,10,14,16,23H,8-9,11H2,(H3,20,21). The molecule has 0 aliphatic heterocycles. The number of nitrogens with two attached hydrogens (primary N) is 1. The van der Waals surface area contributed by atoms with Crippen LogP contribution >= 0.6 is 23.3 Å². The number of amidine groups is 1. The molecule has 4 nitrogen and oxygen atoms in total. The van der Waals surface area contributed by atoms with E-state index in [2.05, 4.69) is 29.0 Å². The Kier molecular flexibility index (Phi) is 4.74. The number of nitrogens with zero attached hydrogens (tertiary/aromatic N) is 1. The van der Waals surface area contributed by atoms with E-state index in [1.807, 2.05) is 36.2 Å². The number of benzene rings is 2. The molecule has 4 rings (SSSR count). The lowest BCUT2D eigenvalue weighted by molar-refractivity contribution is 0.668. The Morgan fingerprint density at radius 2 is 2.12 bits per heavy atom. The van der Waals surface area contributed by atoms with Crippen LogP contribution in [0.5, 0.6) is 0 Å². The van der Waals surface area contributed by atoms with Crippen LogP contribution in [0.15, 0.2) is 48.5 Å². The second-order valence-electron chi connectivity index (χ2n) is 6.33. The third kappa shape index (κ3) is 4.03. The molecule has 1 atom stereocenters. The molecule has 1 saturated carbocycles. The molecule has 2 aromatic carbocycles. The maximum Gasteiger partial charge on any atom is 0.122 e. The molecule has 1 aliphatic rings. The molecular formula is C19H20N4S2. The molecule has 0 saturated heterocycles. The predicted octanol–water partition coefficient (Wildman–Crippen LogP) is 4.26. The number of hydrogen-bond acceptors (Lipinski definition) is 5. The van der Waals surface area contributed by atoms with Gasteiger partial charge in [-0.1, -0.05) is 42.3 Å². The van der Waals surface area contributed by atoms with E-state index in [1.54, 1.807) is 11.3 Å². The van der Waals surface area contributed by atoms with Crippen molar-refractivity contribution in [2.24, 2.45) is 5.73 Å². The Labute approximate surface area is 155 Å². The van der Waals surface area contributed by atoms with Crippen molar-refractivity contribution in [2.45, 2.75) is 30.6 Å². The third-order valence-corrected chi connectivity index (χ3v) is 6.56. The highest BCUT2D eigenvalue weighted by molar-refractivity contribution is 7.98. The Bertz CT molecular complexity index is 868. The van der Waals surface area contributed by atoms with Gasteiger partial charge in [-0.3, -0.25) is 10.1 Å².